The quantitative estimate of drug-likeness (QED) is 0.0935. The Balaban J connectivity index is 0.966. The number of furan rings is 1. The van der Waals surface area contributed by atoms with Crippen LogP contribution in [0.25, 0.3) is 133 Å². The molecule has 0 amide bonds. The first kappa shape index (κ1) is 51.1. The van der Waals surface area contributed by atoms with Crippen LogP contribution in [0.15, 0.2) is 344 Å². The molecule has 3 nitrogen and oxygen atoms in total. The van der Waals surface area contributed by atoms with Crippen molar-refractivity contribution in [2.75, 3.05) is 0 Å². The Bertz CT molecular complexity index is 5320. The third-order valence-corrected chi connectivity index (χ3v) is 22.9. The van der Waals surface area contributed by atoms with E-state index < -0.39 is 8.07 Å². The highest BCUT2D eigenvalue weighted by atomic mass is 28.3. The van der Waals surface area contributed by atoms with Crippen LogP contribution < -0.4 is 20.7 Å². The topological polar surface area (TPSA) is 23.0 Å². The van der Waals surface area contributed by atoms with Gasteiger partial charge in [-0.05, 0) is 96.6 Å². The first-order chi connectivity index (χ1) is 43.7. The average Bonchev–Trinajstić information content (AvgIpc) is 1.72. The molecule has 0 saturated carbocycles. The summed E-state index contributed by atoms with van der Waals surface area (Å²) in [5.74, 6) is 0. The van der Waals surface area contributed by atoms with Gasteiger partial charge in [0.25, 0.3) is 0 Å². The van der Waals surface area contributed by atoms with Crippen LogP contribution in [0.1, 0.15) is 0 Å². The van der Waals surface area contributed by atoms with Gasteiger partial charge < -0.3 is 13.6 Å². The Morgan fingerprint density at radius 2 is 0.670 bits per heavy atom. The van der Waals surface area contributed by atoms with Gasteiger partial charge in [-0.1, -0.05) is 297 Å². The molecule has 17 rings (SSSR count). The van der Waals surface area contributed by atoms with Gasteiger partial charge in [-0.25, -0.2) is 0 Å². The molecule has 0 fully saturated rings. The predicted molar refractivity (Wildman–Crippen MR) is 373 cm³/mol. The molecular weight excluding hydrogens is 1080 g/mol. The number of rotatable bonds is 11. The molecule has 0 atom stereocenters. The maximum absolute atomic E-state index is 6.77. The molecule has 412 valence electrons. The van der Waals surface area contributed by atoms with Crippen LogP contribution in [0.4, 0.5) is 0 Å². The molecule has 0 radical (unpaired) electrons. The number of hydrogen-bond donors (Lipinski definition) is 0. The normalized spacial score (nSPS) is 11.9. The van der Waals surface area contributed by atoms with Crippen LogP contribution in [0.3, 0.4) is 0 Å². The fourth-order valence-electron chi connectivity index (χ4n) is 14.4. The molecular formula is C84H56N2OSi. The predicted octanol–water partition coefficient (Wildman–Crippen LogP) is 19.5. The lowest BCUT2D eigenvalue weighted by Crippen LogP contribution is -2.74. The third-order valence-electron chi connectivity index (χ3n) is 18.2. The minimum atomic E-state index is -3.33. The molecule has 0 aliphatic heterocycles. The minimum Gasteiger partial charge on any atom is -0.455 e. The van der Waals surface area contributed by atoms with Crippen LogP contribution >= 0.6 is 0 Å². The summed E-state index contributed by atoms with van der Waals surface area (Å²) in [7, 11) is -3.33. The Morgan fingerprint density at radius 1 is 0.239 bits per heavy atom. The van der Waals surface area contributed by atoms with E-state index in [2.05, 4.69) is 349 Å². The first-order valence-electron chi connectivity index (χ1n) is 30.3. The van der Waals surface area contributed by atoms with Gasteiger partial charge in [0.1, 0.15) is 11.2 Å². The number of para-hydroxylation sites is 5. The highest BCUT2D eigenvalue weighted by Crippen LogP contribution is 2.46. The summed E-state index contributed by atoms with van der Waals surface area (Å²) in [6, 6.07) is 126. The van der Waals surface area contributed by atoms with Gasteiger partial charge in [0.2, 0.25) is 0 Å². The highest BCUT2D eigenvalue weighted by Gasteiger charge is 2.43. The van der Waals surface area contributed by atoms with Gasteiger partial charge in [-0.3, -0.25) is 0 Å². The molecule has 0 N–H and O–H groups in total. The first-order valence-corrected chi connectivity index (χ1v) is 32.3. The van der Waals surface area contributed by atoms with E-state index in [1.54, 1.807) is 0 Å². The van der Waals surface area contributed by atoms with Gasteiger partial charge in [-0.15, -0.1) is 0 Å². The average molecular weight is 1140 g/mol. The Morgan fingerprint density at radius 3 is 1.25 bits per heavy atom. The van der Waals surface area contributed by atoms with Crippen molar-refractivity contribution in [2.45, 2.75) is 0 Å². The van der Waals surface area contributed by atoms with E-state index in [0.717, 1.165) is 88.8 Å². The number of benzene rings is 14. The number of hydrogen-bond acceptors (Lipinski definition) is 1. The molecule has 3 aromatic heterocycles. The zero-order chi connectivity index (χ0) is 58.1. The van der Waals surface area contributed by atoms with Crippen molar-refractivity contribution in [3.63, 3.8) is 0 Å². The van der Waals surface area contributed by atoms with Crippen LogP contribution in [0, 0.1) is 0 Å². The summed E-state index contributed by atoms with van der Waals surface area (Å²) in [5, 5.41) is 12.2. The molecule has 0 aliphatic carbocycles. The van der Waals surface area contributed by atoms with E-state index in [0.29, 0.717) is 0 Å². The zero-order valence-corrected chi connectivity index (χ0v) is 49.1. The molecule has 0 unspecified atom stereocenters. The molecule has 3 heterocycles. The lowest BCUT2D eigenvalue weighted by molar-refractivity contribution is 0.670. The number of aromatic nitrogens is 2. The molecule has 88 heavy (non-hydrogen) atoms. The molecule has 0 spiro atoms. The molecule has 4 heteroatoms. The van der Waals surface area contributed by atoms with Crippen molar-refractivity contribution in [1.29, 1.82) is 0 Å². The SMILES string of the molecule is c1ccc(-c2cc(-c3ccccc3)cc([Si](c3ccccc3)(c3ccccc3)c3cc(-c4ccccc4)c(-n4c5ccccc5c5cc(-n6c7ccccc7c7cccc(-c8cccc9c8oc8ccccc89)c76)ccc54)c(-c4ccccc4)c3)c2)cc1. The lowest BCUT2D eigenvalue weighted by atomic mass is 9.95. The molecule has 14 aromatic carbocycles. The summed E-state index contributed by atoms with van der Waals surface area (Å²) in [6.45, 7) is 0. The van der Waals surface area contributed by atoms with E-state index in [-0.39, 0.29) is 0 Å². The second kappa shape index (κ2) is 21.0. The lowest BCUT2D eigenvalue weighted by Gasteiger charge is -2.36. The number of nitrogens with zero attached hydrogens (tertiary/aromatic N) is 2. The van der Waals surface area contributed by atoms with Crippen molar-refractivity contribution in [1.82, 2.24) is 9.13 Å². The maximum atomic E-state index is 6.77. The standard InChI is InChI=1S/C84H56N2OSi/c1-7-27-57(28-8-1)61-51-62(58-29-9-2-10-30-58)53-66(52-61)88(64-35-15-5-16-36-64,65-37-17-6-18-38-65)67-55-75(59-31-11-3-12-32-59)83(76(56-67)60-33-13-4-14-34-60)86-79-47-23-20-40-69(79)77-54-63(49-50-80(77)86)85-78-46-22-19-39-68(78)71-42-25-43-72(82(71)85)74-45-26-44-73-70-41-21-24-48-81(70)87-84(73)74/h1-56H. The van der Waals surface area contributed by atoms with E-state index >= 15 is 0 Å². The largest absolute Gasteiger partial charge is 0.455 e. The fraction of sp³-hybridized carbons (Fsp3) is 0. The third kappa shape index (κ3) is 8.18. The van der Waals surface area contributed by atoms with Crippen molar-refractivity contribution in [3.8, 4) is 67.0 Å². The Kier molecular flexibility index (Phi) is 12.2. The molecule has 0 bridgehead atoms. The van der Waals surface area contributed by atoms with E-state index in [9.17, 15) is 0 Å². The summed E-state index contributed by atoms with van der Waals surface area (Å²) in [6.07, 6.45) is 0. The molecule has 17 aromatic rings. The highest BCUT2D eigenvalue weighted by molar-refractivity contribution is 7.20. The van der Waals surface area contributed by atoms with Gasteiger partial charge in [0.15, 0.2) is 8.07 Å². The van der Waals surface area contributed by atoms with Crippen molar-refractivity contribution in [2.24, 2.45) is 0 Å². The molecule has 0 saturated heterocycles. The van der Waals surface area contributed by atoms with Crippen LogP contribution in [0.2, 0.25) is 0 Å². The second-order valence-corrected chi connectivity index (χ2v) is 26.9. The van der Waals surface area contributed by atoms with Crippen molar-refractivity contribution >= 4 is 94.4 Å². The summed E-state index contributed by atoms with van der Waals surface area (Å²) >= 11 is 0. The second-order valence-electron chi connectivity index (χ2n) is 23.1. The Hall–Kier alpha value is -11.3. The smallest absolute Gasteiger partial charge is 0.179 e. The van der Waals surface area contributed by atoms with Crippen LogP contribution in [0.5, 0.6) is 0 Å². The maximum Gasteiger partial charge on any atom is 0.179 e. The number of fused-ring (bicyclic) bond motifs is 9. The van der Waals surface area contributed by atoms with E-state index in [4.69, 9.17) is 4.42 Å². The van der Waals surface area contributed by atoms with Crippen molar-refractivity contribution in [3.05, 3.63) is 340 Å². The minimum absolute atomic E-state index is 0.889. The van der Waals surface area contributed by atoms with Gasteiger partial charge in [0.05, 0.1) is 27.8 Å². The van der Waals surface area contributed by atoms with Gasteiger partial charge in [-0.2, -0.15) is 0 Å². The fourth-order valence-corrected chi connectivity index (χ4v) is 19.2. The van der Waals surface area contributed by atoms with Gasteiger partial charge in [0, 0.05) is 60.3 Å². The summed E-state index contributed by atoms with van der Waals surface area (Å²) in [4.78, 5) is 0. The Labute approximate surface area is 511 Å². The summed E-state index contributed by atoms with van der Waals surface area (Å²) in [5.41, 5.74) is 20.1. The van der Waals surface area contributed by atoms with E-state index in [1.165, 1.54) is 64.5 Å². The van der Waals surface area contributed by atoms with E-state index in [1.807, 2.05) is 0 Å². The summed E-state index contributed by atoms with van der Waals surface area (Å²) < 4.78 is 11.8. The molecule has 0 aliphatic rings. The zero-order valence-electron chi connectivity index (χ0n) is 48.1. The van der Waals surface area contributed by atoms with Gasteiger partial charge >= 0.3 is 0 Å². The van der Waals surface area contributed by atoms with Crippen LogP contribution in [-0.2, 0) is 0 Å². The van der Waals surface area contributed by atoms with Crippen molar-refractivity contribution < 1.29 is 4.42 Å². The monoisotopic (exact) mass is 1140 g/mol. The van der Waals surface area contributed by atoms with Crippen LogP contribution in [-0.4, -0.2) is 17.2 Å².